The molecule has 0 spiro atoms. The number of hydrogen-bond donors (Lipinski definition) is 0. The molecular weight excluding hydrogens is 187 g/mol. The van der Waals surface area contributed by atoms with E-state index in [0.29, 0.717) is 0 Å². The molecule has 0 aliphatic rings. The first-order valence-electron chi connectivity index (χ1n) is 1.67. The van der Waals surface area contributed by atoms with Crippen molar-refractivity contribution in [3.05, 3.63) is 30.3 Å². The minimum absolute atomic E-state index is 0. The van der Waals surface area contributed by atoms with E-state index in [1.54, 1.807) is 0 Å². The Balaban J connectivity index is 0. The fraction of sp³-hybridized carbons (Fsp3) is 0. The van der Waals surface area contributed by atoms with Crippen LogP contribution in [-0.4, -0.2) is 0 Å². The second-order valence-corrected chi connectivity index (χ2v) is 0.962. The quantitative estimate of drug-likeness (QED) is 0.551. The molecule has 0 radical (unpaired) electrons. The molecule has 0 nitrogen and oxygen atoms in total. The van der Waals surface area contributed by atoms with Crippen LogP contribution in [0.15, 0.2) is 30.3 Å². The van der Waals surface area contributed by atoms with Gasteiger partial charge in [0.2, 0.25) is 0 Å². The molecule has 0 saturated carbocycles. The minimum Gasteiger partial charge on any atom is -0.214 e. The summed E-state index contributed by atoms with van der Waals surface area (Å²) in [7, 11) is 0. The fourth-order valence-electron chi connectivity index (χ4n) is 0.321. The van der Waals surface area contributed by atoms with Gasteiger partial charge >= 0.3 is 0 Å². The van der Waals surface area contributed by atoms with Crippen LogP contribution < -0.4 is 0 Å². The van der Waals surface area contributed by atoms with Gasteiger partial charge in [0, 0.05) is 26.2 Å². The molecule has 0 saturated heterocycles. The van der Waals surface area contributed by atoms with E-state index in [4.69, 9.17) is 0 Å². The molecule has 2 heteroatoms. The molecule has 0 aliphatic carbocycles. The van der Waals surface area contributed by atoms with Crippen molar-refractivity contribution in [1.82, 2.24) is 0 Å². The van der Waals surface area contributed by atoms with Crippen LogP contribution in [0, 0.1) is 0 Å². The van der Waals surface area contributed by atoms with Crippen molar-refractivity contribution < 1.29 is 26.2 Å². The summed E-state index contributed by atoms with van der Waals surface area (Å²) < 4.78 is 0. The topological polar surface area (TPSA) is 0 Å². The number of halogens is 1. The summed E-state index contributed by atoms with van der Waals surface area (Å²) in [6, 6.07) is 10.0. The zero-order valence-corrected chi connectivity index (χ0v) is 7.07. The van der Waals surface area contributed by atoms with E-state index in [1.165, 1.54) is 0 Å². The summed E-state index contributed by atoms with van der Waals surface area (Å²) in [6.07, 6.45) is 0. The van der Waals surface area contributed by atoms with Crippen LogP contribution in [-0.2, 0) is 26.2 Å². The maximum Gasteiger partial charge on any atom is 0 e. The van der Waals surface area contributed by atoms with Crippen molar-refractivity contribution in [3.8, 4) is 0 Å². The van der Waals surface area contributed by atoms with Crippen molar-refractivity contribution in [2.24, 2.45) is 0 Å². The predicted octanol–water partition coefficient (Wildman–Crippen LogP) is 1.82. The molecule has 1 aromatic carbocycles. The van der Waals surface area contributed by atoms with Crippen LogP contribution in [0.25, 0.3) is 0 Å². The molecule has 0 bridgehead atoms. The van der Waals surface area contributed by atoms with Gasteiger partial charge in [-0.05, 0) is 0 Å². The van der Waals surface area contributed by atoms with Gasteiger partial charge in [0.05, 0.1) is 0 Å². The Kier molecular flexibility index (Phi) is 9.78. The van der Waals surface area contributed by atoms with E-state index in [0.717, 1.165) is 0 Å². The van der Waals surface area contributed by atoms with Gasteiger partial charge in [-0.15, -0.1) is 12.4 Å². The van der Waals surface area contributed by atoms with Crippen LogP contribution in [0.4, 0.5) is 0 Å². The minimum atomic E-state index is 0. The van der Waals surface area contributed by atoms with Crippen LogP contribution in [0.5, 0.6) is 0 Å². The third-order valence-electron chi connectivity index (χ3n) is 0.556. The molecule has 1 aromatic rings. The molecule has 0 fully saturated rings. The van der Waals surface area contributed by atoms with Crippen molar-refractivity contribution in [2.45, 2.75) is 0 Å². The third kappa shape index (κ3) is 4.37. The summed E-state index contributed by atoms with van der Waals surface area (Å²) in [5, 5.41) is 0. The first kappa shape index (κ1) is 10.5. The number of hydrogen-bond acceptors (Lipinski definition) is 0. The molecule has 0 aliphatic heterocycles. The molecule has 0 aromatic heterocycles. The average molecular weight is 193 g/mol. The summed E-state index contributed by atoms with van der Waals surface area (Å²) in [6.45, 7) is 0. The van der Waals surface area contributed by atoms with Gasteiger partial charge in [-0.3, -0.25) is 0 Å². The van der Waals surface area contributed by atoms with E-state index in [1.807, 2.05) is 30.3 Å². The van der Waals surface area contributed by atoms with E-state index in [9.17, 15) is 0 Å². The SMILES string of the molecule is Cl.[Zr].c1cc[cH-]c1. The van der Waals surface area contributed by atoms with Crippen molar-refractivity contribution in [3.63, 3.8) is 0 Å². The first-order chi connectivity index (χ1) is 2.50. The molecule has 1 rings (SSSR count). The third-order valence-corrected chi connectivity index (χ3v) is 0.556. The smallest absolute Gasteiger partial charge is 0 e. The van der Waals surface area contributed by atoms with Crippen LogP contribution in [0.1, 0.15) is 0 Å². The second-order valence-electron chi connectivity index (χ2n) is 0.962. The number of rotatable bonds is 0. The Bertz CT molecular complexity index is 64.6. The summed E-state index contributed by atoms with van der Waals surface area (Å²) in [5.74, 6) is 0. The van der Waals surface area contributed by atoms with Gasteiger partial charge in [-0.2, -0.15) is 18.2 Å². The van der Waals surface area contributed by atoms with Gasteiger partial charge in [0.25, 0.3) is 0 Å². The summed E-state index contributed by atoms with van der Waals surface area (Å²) >= 11 is 0. The first-order valence-corrected chi connectivity index (χ1v) is 1.67. The Morgan fingerprint density at radius 2 is 1.43 bits per heavy atom. The normalized spacial score (nSPS) is 5.71. The fourth-order valence-corrected chi connectivity index (χ4v) is 0.321. The Morgan fingerprint density at radius 1 is 1.00 bits per heavy atom. The zero-order valence-electron chi connectivity index (χ0n) is 3.79. The summed E-state index contributed by atoms with van der Waals surface area (Å²) in [4.78, 5) is 0. The zero-order chi connectivity index (χ0) is 3.54. The van der Waals surface area contributed by atoms with Crippen molar-refractivity contribution >= 4 is 12.4 Å². The van der Waals surface area contributed by atoms with Crippen molar-refractivity contribution in [2.75, 3.05) is 0 Å². The van der Waals surface area contributed by atoms with E-state index in [2.05, 4.69) is 0 Å². The second kappa shape index (κ2) is 6.52. The predicted molar refractivity (Wildman–Crippen MR) is 29.3 cm³/mol. The maximum absolute atomic E-state index is 2.00. The van der Waals surface area contributed by atoms with Gasteiger partial charge in [-0.1, -0.05) is 0 Å². The van der Waals surface area contributed by atoms with E-state index >= 15 is 0 Å². The molecule has 38 valence electrons. The van der Waals surface area contributed by atoms with Crippen molar-refractivity contribution in [1.29, 1.82) is 0 Å². The monoisotopic (exact) mass is 191 g/mol. The van der Waals surface area contributed by atoms with Gasteiger partial charge in [0.1, 0.15) is 0 Å². The van der Waals surface area contributed by atoms with E-state index in [-0.39, 0.29) is 38.6 Å². The van der Waals surface area contributed by atoms with E-state index < -0.39 is 0 Å². The molecule has 0 N–H and O–H groups in total. The molecule has 0 amide bonds. The Hall–Kier alpha value is 0.523. The van der Waals surface area contributed by atoms with Gasteiger partial charge in [-0.25, -0.2) is 12.1 Å². The maximum atomic E-state index is 2.00. The van der Waals surface area contributed by atoms with Gasteiger partial charge in [0.15, 0.2) is 0 Å². The largest absolute Gasteiger partial charge is 0.214 e. The molecule has 0 unspecified atom stereocenters. The van der Waals surface area contributed by atoms with Crippen LogP contribution >= 0.6 is 12.4 Å². The standard InChI is InChI=1S/C5H5.ClH.Zr/c1-2-4-5-3-1;;/h1-5H;1H;/q-1;;. The average Bonchev–Trinajstić information content (AvgIpc) is 1.76. The molecule has 0 heterocycles. The molecule has 0 atom stereocenters. The van der Waals surface area contributed by atoms with Gasteiger partial charge < -0.3 is 0 Å². The van der Waals surface area contributed by atoms with Crippen LogP contribution in [0.3, 0.4) is 0 Å². The Labute approximate surface area is 68.8 Å². The molecule has 7 heavy (non-hydrogen) atoms. The Morgan fingerprint density at radius 3 is 1.57 bits per heavy atom. The van der Waals surface area contributed by atoms with Crippen LogP contribution in [0.2, 0.25) is 0 Å². The summed E-state index contributed by atoms with van der Waals surface area (Å²) in [5.41, 5.74) is 0. The molecular formula is C5H6ClZr-.